The lowest BCUT2D eigenvalue weighted by Gasteiger charge is -2.15. The van der Waals surface area contributed by atoms with Gasteiger partial charge in [0.2, 0.25) is 0 Å². The maximum Gasteiger partial charge on any atom is 0.153 e. The molecule has 0 aliphatic heterocycles. The van der Waals surface area contributed by atoms with Crippen molar-refractivity contribution in [3.63, 3.8) is 0 Å². The van der Waals surface area contributed by atoms with Gasteiger partial charge >= 0.3 is 0 Å². The summed E-state index contributed by atoms with van der Waals surface area (Å²) >= 11 is 3.40. The monoisotopic (exact) mass is 284 g/mol. The van der Waals surface area contributed by atoms with Crippen molar-refractivity contribution in [1.29, 1.82) is 0 Å². The number of aromatic amines is 1. The first-order chi connectivity index (χ1) is 7.74. The van der Waals surface area contributed by atoms with Crippen LogP contribution in [0, 0.1) is 0 Å². The summed E-state index contributed by atoms with van der Waals surface area (Å²) in [4.78, 5) is 7.37. The van der Waals surface area contributed by atoms with Gasteiger partial charge in [0.05, 0.1) is 5.69 Å². The van der Waals surface area contributed by atoms with E-state index in [1.807, 2.05) is 14.0 Å². The first-order valence-corrected chi connectivity index (χ1v) is 5.81. The van der Waals surface area contributed by atoms with E-state index in [4.69, 9.17) is 0 Å². The quantitative estimate of drug-likeness (QED) is 0.879. The molecule has 0 saturated heterocycles. The number of hydrogen-bond donors (Lipinski definition) is 2. The Morgan fingerprint density at radius 3 is 2.94 bits per heavy atom. The van der Waals surface area contributed by atoms with Crippen LogP contribution in [0.15, 0.2) is 17.0 Å². The van der Waals surface area contributed by atoms with Crippen molar-refractivity contribution in [1.82, 2.24) is 30.3 Å². The number of H-pyrrole nitrogens is 1. The molecule has 0 amide bonds. The molecule has 0 aliphatic rings. The Morgan fingerprint density at radius 1 is 1.62 bits per heavy atom. The predicted molar refractivity (Wildman–Crippen MR) is 62.8 cm³/mol. The molecule has 0 spiro atoms. The molecular formula is C9H13BrN6. The van der Waals surface area contributed by atoms with Crippen LogP contribution in [0.4, 0.5) is 0 Å². The van der Waals surface area contributed by atoms with Crippen LogP contribution in [0.5, 0.6) is 0 Å². The highest BCUT2D eigenvalue weighted by atomic mass is 79.9. The van der Waals surface area contributed by atoms with Gasteiger partial charge in [0.15, 0.2) is 4.60 Å². The van der Waals surface area contributed by atoms with Crippen LogP contribution in [0.2, 0.25) is 0 Å². The Balaban J connectivity index is 2.40. The van der Waals surface area contributed by atoms with Crippen molar-refractivity contribution in [2.45, 2.75) is 13.0 Å². The minimum Gasteiger partial charge on any atom is -0.347 e. The fourth-order valence-corrected chi connectivity index (χ4v) is 2.16. The van der Waals surface area contributed by atoms with Crippen molar-refractivity contribution in [2.24, 2.45) is 7.05 Å². The van der Waals surface area contributed by atoms with E-state index in [0.717, 1.165) is 22.7 Å². The summed E-state index contributed by atoms with van der Waals surface area (Å²) < 4.78 is 2.47. The Labute approximate surface area is 102 Å². The molecule has 7 heteroatoms. The average molecular weight is 285 g/mol. The highest BCUT2D eigenvalue weighted by Crippen LogP contribution is 2.24. The SMILES string of the molecule is CCNC(c1ncc[nH]1)c1c(Br)nnn1C. The van der Waals surface area contributed by atoms with Crippen molar-refractivity contribution >= 4 is 15.9 Å². The fourth-order valence-electron chi connectivity index (χ4n) is 1.61. The van der Waals surface area contributed by atoms with E-state index in [1.165, 1.54) is 0 Å². The number of halogens is 1. The van der Waals surface area contributed by atoms with Gasteiger partial charge < -0.3 is 10.3 Å². The number of rotatable bonds is 4. The maximum absolute atomic E-state index is 4.27. The summed E-state index contributed by atoms with van der Waals surface area (Å²) in [7, 11) is 1.86. The van der Waals surface area contributed by atoms with E-state index in [-0.39, 0.29) is 6.04 Å². The maximum atomic E-state index is 4.27. The Bertz CT molecular complexity index is 429. The fraction of sp³-hybridized carbons (Fsp3) is 0.444. The predicted octanol–water partition coefficient (Wildman–Crippen LogP) is 1.000. The molecule has 0 saturated carbocycles. The van der Waals surface area contributed by atoms with Crippen LogP contribution in [0.1, 0.15) is 24.5 Å². The zero-order chi connectivity index (χ0) is 11.5. The molecule has 16 heavy (non-hydrogen) atoms. The molecule has 0 aliphatic carbocycles. The van der Waals surface area contributed by atoms with Gasteiger partial charge in [0.25, 0.3) is 0 Å². The number of nitrogens with one attached hydrogen (secondary N) is 2. The molecule has 0 fully saturated rings. The third-order valence-corrected chi connectivity index (χ3v) is 2.87. The number of imidazole rings is 1. The number of nitrogens with zero attached hydrogens (tertiary/aromatic N) is 4. The van der Waals surface area contributed by atoms with Crippen molar-refractivity contribution in [3.05, 3.63) is 28.5 Å². The van der Waals surface area contributed by atoms with Gasteiger partial charge in [-0.15, -0.1) is 5.10 Å². The molecule has 86 valence electrons. The summed E-state index contributed by atoms with van der Waals surface area (Å²) in [6.07, 6.45) is 3.54. The number of aromatic nitrogens is 5. The van der Waals surface area contributed by atoms with E-state index in [1.54, 1.807) is 17.1 Å². The first-order valence-electron chi connectivity index (χ1n) is 5.01. The molecule has 0 aromatic carbocycles. The van der Waals surface area contributed by atoms with Gasteiger partial charge in [0, 0.05) is 19.4 Å². The average Bonchev–Trinajstić information content (AvgIpc) is 2.87. The zero-order valence-corrected chi connectivity index (χ0v) is 10.7. The van der Waals surface area contributed by atoms with Gasteiger partial charge in [-0.05, 0) is 22.5 Å². The van der Waals surface area contributed by atoms with E-state index >= 15 is 0 Å². The lowest BCUT2D eigenvalue weighted by Crippen LogP contribution is -2.25. The van der Waals surface area contributed by atoms with Crippen molar-refractivity contribution in [2.75, 3.05) is 6.54 Å². The smallest absolute Gasteiger partial charge is 0.153 e. The largest absolute Gasteiger partial charge is 0.347 e. The summed E-state index contributed by atoms with van der Waals surface area (Å²) in [6.45, 7) is 2.89. The van der Waals surface area contributed by atoms with Gasteiger partial charge in [-0.1, -0.05) is 12.1 Å². The third kappa shape index (κ3) is 2.00. The van der Waals surface area contributed by atoms with Gasteiger partial charge in [-0.25, -0.2) is 9.67 Å². The molecule has 2 heterocycles. The first kappa shape index (κ1) is 11.3. The highest BCUT2D eigenvalue weighted by Gasteiger charge is 2.22. The Hall–Kier alpha value is -1.21. The lowest BCUT2D eigenvalue weighted by molar-refractivity contribution is 0.548. The van der Waals surface area contributed by atoms with Crippen molar-refractivity contribution < 1.29 is 0 Å². The van der Waals surface area contributed by atoms with Gasteiger partial charge in [0.1, 0.15) is 11.9 Å². The van der Waals surface area contributed by atoms with Crippen LogP contribution < -0.4 is 5.32 Å². The van der Waals surface area contributed by atoms with E-state index < -0.39 is 0 Å². The van der Waals surface area contributed by atoms with Crippen LogP contribution in [0.3, 0.4) is 0 Å². The van der Waals surface area contributed by atoms with Gasteiger partial charge in [-0.3, -0.25) is 0 Å². The molecule has 0 radical (unpaired) electrons. The molecule has 0 bridgehead atoms. The molecular weight excluding hydrogens is 272 g/mol. The normalized spacial score (nSPS) is 12.9. The van der Waals surface area contributed by atoms with E-state index in [0.29, 0.717) is 0 Å². The van der Waals surface area contributed by atoms with Crippen LogP contribution in [0.25, 0.3) is 0 Å². The Kier molecular flexibility index (Phi) is 3.35. The van der Waals surface area contributed by atoms with Gasteiger partial charge in [-0.2, -0.15) is 0 Å². The van der Waals surface area contributed by atoms with Crippen molar-refractivity contribution in [3.8, 4) is 0 Å². The molecule has 6 nitrogen and oxygen atoms in total. The Morgan fingerprint density at radius 2 is 2.44 bits per heavy atom. The third-order valence-electron chi connectivity index (χ3n) is 2.30. The summed E-state index contributed by atoms with van der Waals surface area (Å²) in [6, 6.07) is -0.0330. The lowest BCUT2D eigenvalue weighted by atomic mass is 10.2. The summed E-state index contributed by atoms with van der Waals surface area (Å²) in [5, 5.41) is 11.3. The number of hydrogen-bond acceptors (Lipinski definition) is 4. The molecule has 2 aromatic rings. The number of aryl methyl sites for hydroxylation is 1. The molecule has 1 atom stereocenters. The molecule has 2 rings (SSSR count). The second-order valence-corrected chi connectivity index (χ2v) is 4.11. The topological polar surface area (TPSA) is 71.4 Å². The summed E-state index contributed by atoms with van der Waals surface area (Å²) in [5.41, 5.74) is 0.955. The second-order valence-electron chi connectivity index (χ2n) is 3.35. The standard InChI is InChI=1S/C9H13BrN6/c1-3-11-6(9-12-4-5-13-9)7-8(10)14-15-16(7)2/h4-6,11H,3H2,1-2H3,(H,12,13). The highest BCUT2D eigenvalue weighted by molar-refractivity contribution is 9.10. The van der Waals surface area contributed by atoms with Crippen LogP contribution >= 0.6 is 15.9 Å². The van der Waals surface area contributed by atoms with Crippen LogP contribution in [-0.2, 0) is 7.05 Å². The van der Waals surface area contributed by atoms with Crippen LogP contribution in [-0.4, -0.2) is 31.5 Å². The zero-order valence-electron chi connectivity index (χ0n) is 9.11. The van der Waals surface area contributed by atoms with E-state index in [2.05, 4.69) is 41.5 Å². The van der Waals surface area contributed by atoms with E-state index in [9.17, 15) is 0 Å². The second kappa shape index (κ2) is 4.75. The minimum atomic E-state index is -0.0330. The molecule has 2 aromatic heterocycles. The molecule has 1 unspecified atom stereocenters. The summed E-state index contributed by atoms with van der Waals surface area (Å²) in [5.74, 6) is 0.855. The minimum absolute atomic E-state index is 0.0330. The molecule has 2 N–H and O–H groups in total.